The first-order chi connectivity index (χ1) is 9.60. The van der Waals surface area contributed by atoms with Crippen LogP contribution in [0, 0.1) is 13.8 Å². The van der Waals surface area contributed by atoms with E-state index in [-0.39, 0.29) is 12.1 Å². The van der Waals surface area contributed by atoms with Crippen molar-refractivity contribution in [3.63, 3.8) is 0 Å². The molecule has 106 valence electrons. The zero-order chi connectivity index (χ0) is 14.3. The highest BCUT2D eigenvalue weighted by atomic mass is 16.5. The molecule has 3 rings (SSSR count). The van der Waals surface area contributed by atoms with Crippen LogP contribution in [0.2, 0.25) is 0 Å². The van der Waals surface area contributed by atoms with E-state index in [1.807, 2.05) is 13.0 Å². The van der Waals surface area contributed by atoms with Crippen molar-refractivity contribution in [1.29, 1.82) is 0 Å². The maximum Gasteiger partial charge on any atom is 0.119 e. The molecule has 1 aromatic heterocycles. The van der Waals surface area contributed by atoms with Gasteiger partial charge in [0.15, 0.2) is 0 Å². The van der Waals surface area contributed by atoms with Crippen molar-refractivity contribution in [3.8, 4) is 5.75 Å². The number of methoxy groups -OCH3 is 1. The Bertz CT molecular complexity index is 633. The van der Waals surface area contributed by atoms with Crippen LogP contribution in [0.15, 0.2) is 24.3 Å². The van der Waals surface area contributed by atoms with E-state index in [1.165, 1.54) is 16.8 Å². The molecule has 0 fully saturated rings. The van der Waals surface area contributed by atoms with Gasteiger partial charge in [-0.1, -0.05) is 6.07 Å². The molecule has 0 amide bonds. The molecule has 0 spiro atoms. The second kappa shape index (κ2) is 4.94. The van der Waals surface area contributed by atoms with Crippen LogP contribution in [0.25, 0.3) is 0 Å². The molecule has 1 aliphatic carbocycles. The summed E-state index contributed by atoms with van der Waals surface area (Å²) in [6.45, 7) is 4.12. The van der Waals surface area contributed by atoms with Crippen LogP contribution in [0.5, 0.6) is 5.75 Å². The summed E-state index contributed by atoms with van der Waals surface area (Å²) in [6, 6.07) is 8.52. The van der Waals surface area contributed by atoms with Gasteiger partial charge >= 0.3 is 0 Å². The van der Waals surface area contributed by atoms with E-state index in [2.05, 4.69) is 34.9 Å². The average molecular weight is 271 g/mol. The summed E-state index contributed by atoms with van der Waals surface area (Å²) >= 11 is 0. The second-order valence-electron chi connectivity index (χ2n) is 5.57. The van der Waals surface area contributed by atoms with E-state index in [1.54, 1.807) is 7.11 Å². The van der Waals surface area contributed by atoms with Gasteiger partial charge < -0.3 is 10.5 Å². The van der Waals surface area contributed by atoms with E-state index in [9.17, 15) is 0 Å². The smallest absolute Gasteiger partial charge is 0.119 e. The Kier molecular flexibility index (Phi) is 3.26. The minimum Gasteiger partial charge on any atom is -0.497 e. The Hall–Kier alpha value is -1.81. The first kappa shape index (κ1) is 13.2. The molecule has 2 N–H and O–H groups in total. The summed E-state index contributed by atoms with van der Waals surface area (Å²) < 4.78 is 7.38. The molecule has 0 saturated carbocycles. The largest absolute Gasteiger partial charge is 0.497 e. The van der Waals surface area contributed by atoms with Crippen LogP contribution in [-0.2, 0) is 6.42 Å². The van der Waals surface area contributed by atoms with Crippen LogP contribution in [0.4, 0.5) is 0 Å². The third-order valence-corrected chi connectivity index (χ3v) is 4.19. The minimum absolute atomic E-state index is 0.0114. The number of fused-ring (bicyclic) bond motifs is 1. The van der Waals surface area contributed by atoms with Gasteiger partial charge in [-0.3, -0.25) is 4.68 Å². The van der Waals surface area contributed by atoms with Crippen LogP contribution >= 0.6 is 0 Å². The van der Waals surface area contributed by atoms with Gasteiger partial charge in [-0.15, -0.1) is 0 Å². The Morgan fingerprint density at radius 3 is 2.75 bits per heavy atom. The Morgan fingerprint density at radius 1 is 1.30 bits per heavy atom. The fourth-order valence-corrected chi connectivity index (χ4v) is 3.20. The molecule has 0 saturated heterocycles. The van der Waals surface area contributed by atoms with Gasteiger partial charge in [-0.2, -0.15) is 5.10 Å². The Morgan fingerprint density at radius 2 is 2.10 bits per heavy atom. The molecule has 1 aliphatic rings. The van der Waals surface area contributed by atoms with Crippen molar-refractivity contribution in [1.82, 2.24) is 9.78 Å². The van der Waals surface area contributed by atoms with Crippen molar-refractivity contribution in [2.24, 2.45) is 5.73 Å². The van der Waals surface area contributed by atoms with Gasteiger partial charge in [0.05, 0.1) is 24.9 Å². The molecular weight excluding hydrogens is 250 g/mol. The number of rotatable bonds is 2. The number of benzene rings is 1. The monoisotopic (exact) mass is 271 g/mol. The van der Waals surface area contributed by atoms with Gasteiger partial charge in [0.1, 0.15) is 5.75 Å². The fraction of sp³-hybridized carbons (Fsp3) is 0.438. The molecule has 4 heteroatoms. The zero-order valence-electron chi connectivity index (χ0n) is 12.3. The molecule has 1 heterocycles. The summed E-state index contributed by atoms with van der Waals surface area (Å²) in [5, 5.41) is 4.60. The fourth-order valence-electron chi connectivity index (χ4n) is 3.20. The van der Waals surface area contributed by atoms with Gasteiger partial charge in [0.25, 0.3) is 0 Å². The predicted octanol–water partition coefficient (Wildman–Crippen LogP) is 2.70. The van der Waals surface area contributed by atoms with E-state index in [0.29, 0.717) is 0 Å². The normalized spacial score (nSPS) is 21.6. The lowest BCUT2D eigenvalue weighted by Gasteiger charge is -2.32. The third kappa shape index (κ3) is 2.10. The van der Waals surface area contributed by atoms with Crippen LogP contribution in [0.3, 0.4) is 0 Å². The highest BCUT2D eigenvalue weighted by Crippen LogP contribution is 2.37. The maximum absolute atomic E-state index is 6.49. The summed E-state index contributed by atoms with van der Waals surface area (Å²) in [7, 11) is 1.70. The molecule has 20 heavy (non-hydrogen) atoms. The van der Waals surface area contributed by atoms with Gasteiger partial charge in [-0.05, 0) is 56.0 Å². The van der Waals surface area contributed by atoms with Crippen LogP contribution < -0.4 is 10.5 Å². The summed E-state index contributed by atoms with van der Waals surface area (Å²) in [5.41, 5.74) is 11.2. The summed E-state index contributed by atoms with van der Waals surface area (Å²) in [5.74, 6) is 0.903. The molecule has 2 unspecified atom stereocenters. The summed E-state index contributed by atoms with van der Waals surface area (Å²) in [6.07, 6.45) is 2.03. The van der Waals surface area contributed by atoms with Gasteiger partial charge in [0.2, 0.25) is 0 Å². The minimum atomic E-state index is -0.0114. The molecular formula is C16H21N3O. The molecule has 0 bridgehead atoms. The molecule has 1 aromatic carbocycles. The molecule has 4 nitrogen and oxygen atoms in total. The van der Waals surface area contributed by atoms with Crippen molar-refractivity contribution >= 4 is 0 Å². The van der Waals surface area contributed by atoms with Gasteiger partial charge in [-0.25, -0.2) is 0 Å². The van der Waals surface area contributed by atoms with E-state index in [0.717, 1.165) is 24.3 Å². The number of aromatic nitrogens is 2. The number of hydrogen-bond donors (Lipinski definition) is 1. The lowest BCUT2D eigenvalue weighted by atomic mass is 9.84. The molecule has 2 aromatic rings. The van der Waals surface area contributed by atoms with Crippen molar-refractivity contribution in [2.45, 2.75) is 38.8 Å². The maximum atomic E-state index is 6.49. The first-order valence-corrected chi connectivity index (χ1v) is 7.05. The highest BCUT2D eigenvalue weighted by Gasteiger charge is 2.29. The Balaban J connectivity index is 1.96. The standard InChI is InChI=1S/C16H21N3O/c1-10-8-11(2)19(18-10)15-7-4-12-9-13(20-3)5-6-14(12)16(15)17/h5-6,8-9,15-16H,4,7,17H2,1-3H3. The third-order valence-electron chi connectivity index (χ3n) is 4.19. The lowest BCUT2D eigenvalue weighted by Crippen LogP contribution is -2.31. The topological polar surface area (TPSA) is 53.1 Å². The van der Waals surface area contributed by atoms with E-state index in [4.69, 9.17) is 10.5 Å². The number of nitrogens with zero attached hydrogens (tertiary/aromatic N) is 2. The Labute approximate surface area is 119 Å². The van der Waals surface area contributed by atoms with Crippen molar-refractivity contribution in [2.75, 3.05) is 7.11 Å². The van der Waals surface area contributed by atoms with Crippen LogP contribution in [0.1, 0.15) is 41.0 Å². The average Bonchev–Trinajstić information content (AvgIpc) is 2.77. The molecule has 0 aliphatic heterocycles. The number of nitrogens with two attached hydrogens (primary N) is 1. The molecule has 0 radical (unpaired) electrons. The SMILES string of the molecule is COc1ccc2c(c1)CCC(n1nc(C)cc1C)C2N. The van der Waals surface area contributed by atoms with Crippen LogP contribution in [-0.4, -0.2) is 16.9 Å². The quantitative estimate of drug-likeness (QED) is 0.913. The summed E-state index contributed by atoms with van der Waals surface area (Å²) in [4.78, 5) is 0. The number of ether oxygens (including phenoxy) is 1. The highest BCUT2D eigenvalue weighted by molar-refractivity contribution is 5.39. The van der Waals surface area contributed by atoms with E-state index < -0.39 is 0 Å². The van der Waals surface area contributed by atoms with E-state index >= 15 is 0 Å². The van der Waals surface area contributed by atoms with Crippen molar-refractivity contribution < 1.29 is 4.74 Å². The number of aryl methyl sites for hydroxylation is 3. The zero-order valence-corrected chi connectivity index (χ0v) is 12.3. The predicted molar refractivity (Wildman–Crippen MR) is 79.0 cm³/mol. The van der Waals surface area contributed by atoms with Crippen molar-refractivity contribution in [3.05, 3.63) is 46.8 Å². The number of hydrogen-bond acceptors (Lipinski definition) is 3. The van der Waals surface area contributed by atoms with Gasteiger partial charge in [0, 0.05) is 5.69 Å². The first-order valence-electron chi connectivity index (χ1n) is 7.05. The second-order valence-corrected chi connectivity index (χ2v) is 5.57. The lowest BCUT2D eigenvalue weighted by molar-refractivity contribution is 0.334. The molecule has 2 atom stereocenters.